The van der Waals surface area contributed by atoms with Gasteiger partial charge in [-0.1, -0.05) is 12.1 Å². The van der Waals surface area contributed by atoms with Crippen LogP contribution in [-0.4, -0.2) is 19.1 Å². The third-order valence-corrected chi connectivity index (χ3v) is 3.43. The number of esters is 1. The van der Waals surface area contributed by atoms with Gasteiger partial charge >= 0.3 is 5.97 Å². The van der Waals surface area contributed by atoms with E-state index in [4.69, 9.17) is 4.74 Å². The maximum Gasteiger partial charge on any atom is 0.313 e. The Morgan fingerprint density at radius 2 is 2.27 bits per heavy atom. The van der Waals surface area contributed by atoms with Crippen molar-refractivity contribution in [1.29, 1.82) is 0 Å². The molecular formula is C15H20N4O3. The molecule has 0 saturated heterocycles. The highest BCUT2D eigenvalue weighted by Crippen LogP contribution is 2.21. The lowest BCUT2D eigenvalue weighted by atomic mass is 9.93. The Morgan fingerprint density at radius 3 is 2.95 bits per heavy atom. The molecule has 0 unspecified atom stereocenters. The van der Waals surface area contributed by atoms with Crippen molar-refractivity contribution >= 4 is 24.1 Å². The quantitative estimate of drug-likeness (QED) is 0.448. The number of nitroso groups, excluding NO2 is 1. The molecule has 0 saturated carbocycles. The zero-order valence-corrected chi connectivity index (χ0v) is 12.9. The minimum absolute atomic E-state index is 0.236. The van der Waals surface area contributed by atoms with Crippen molar-refractivity contribution in [3.8, 4) is 0 Å². The topological polar surface area (TPSA) is 83.0 Å². The number of anilines is 1. The average Bonchev–Trinajstić information content (AvgIpc) is 2.88. The van der Waals surface area contributed by atoms with Crippen LogP contribution < -0.4 is 26.3 Å². The fourth-order valence-corrected chi connectivity index (χ4v) is 2.31. The van der Waals surface area contributed by atoms with Crippen molar-refractivity contribution in [2.24, 2.45) is 10.7 Å². The molecule has 118 valence electrons. The van der Waals surface area contributed by atoms with E-state index in [1.807, 2.05) is 43.3 Å². The molecule has 2 N–H and O–H groups in total. The molecule has 0 amide bonds. The van der Waals surface area contributed by atoms with Gasteiger partial charge in [0.15, 0.2) is 0 Å². The van der Waals surface area contributed by atoms with Crippen LogP contribution in [0, 0.1) is 10.3 Å². The van der Waals surface area contributed by atoms with Gasteiger partial charge in [0, 0.05) is 22.8 Å². The summed E-state index contributed by atoms with van der Waals surface area (Å²) < 4.78 is 5.11. The first kappa shape index (κ1) is 15.8. The monoisotopic (exact) mass is 304 g/mol. The Hall–Kier alpha value is -2.57. The van der Waals surface area contributed by atoms with E-state index in [0.29, 0.717) is 13.2 Å². The van der Waals surface area contributed by atoms with Crippen LogP contribution >= 0.6 is 0 Å². The standard InChI is InChI=1S/C15H20N4O3/c1-4-22-14(20)15(2,3)10-19-13-7-5-6-11(8-16-18-21)12(13)9-17-19/h5-9,17H,4,10H2,1-3H3,(H,16,21). The summed E-state index contributed by atoms with van der Waals surface area (Å²) >= 11 is 0. The molecular weight excluding hydrogens is 284 g/mol. The third-order valence-electron chi connectivity index (χ3n) is 3.43. The molecule has 0 aromatic heterocycles. The predicted octanol–water partition coefficient (Wildman–Crippen LogP) is 0.348. The molecule has 2 rings (SSSR count). The van der Waals surface area contributed by atoms with E-state index in [0.717, 1.165) is 16.1 Å². The number of hydrogen-bond donors (Lipinski definition) is 2. The van der Waals surface area contributed by atoms with E-state index in [1.54, 1.807) is 6.92 Å². The summed E-state index contributed by atoms with van der Waals surface area (Å²) in [7, 11) is 0. The molecule has 7 nitrogen and oxygen atoms in total. The zero-order chi connectivity index (χ0) is 16.2. The molecule has 1 heterocycles. The second-order valence-corrected chi connectivity index (χ2v) is 5.61. The molecule has 22 heavy (non-hydrogen) atoms. The summed E-state index contributed by atoms with van der Waals surface area (Å²) in [4.78, 5) is 22.2. The van der Waals surface area contributed by atoms with Crippen LogP contribution in [0.3, 0.4) is 0 Å². The Labute approximate surface area is 128 Å². The number of nitrogens with zero attached hydrogens (tertiary/aromatic N) is 2. The number of carbonyl (C=O) groups is 1. The maximum absolute atomic E-state index is 12.0. The van der Waals surface area contributed by atoms with E-state index >= 15 is 0 Å². The first-order valence-corrected chi connectivity index (χ1v) is 7.08. The van der Waals surface area contributed by atoms with Crippen molar-refractivity contribution in [3.63, 3.8) is 0 Å². The summed E-state index contributed by atoms with van der Waals surface area (Å²) in [6, 6.07) is 5.69. The number of hydrazine groups is 1. The van der Waals surface area contributed by atoms with E-state index < -0.39 is 5.41 Å². The molecule has 0 fully saturated rings. The van der Waals surface area contributed by atoms with Crippen LogP contribution in [0.15, 0.2) is 23.5 Å². The van der Waals surface area contributed by atoms with Crippen LogP contribution in [0.25, 0.3) is 12.4 Å². The van der Waals surface area contributed by atoms with Crippen molar-refractivity contribution < 1.29 is 9.53 Å². The first-order valence-electron chi connectivity index (χ1n) is 7.08. The number of hydrogen-bond acceptors (Lipinski definition) is 6. The number of rotatable bonds is 6. The van der Waals surface area contributed by atoms with Crippen LogP contribution in [0.5, 0.6) is 0 Å². The molecule has 7 heteroatoms. The van der Waals surface area contributed by atoms with E-state index in [9.17, 15) is 9.70 Å². The molecule has 1 aromatic carbocycles. The van der Waals surface area contributed by atoms with Gasteiger partial charge in [-0.05, 0) is 26.8 Å². The number of benzene rings is 1. The number of fused-ring (bicyclic) bond motifs is 1. The maximum atomic E-state index is 12.0. The van der Waals surface area contributed by atoms with Crippen molar-refractivity contribution in [1.82, 2.24) is 10.9 Å². The Balaban J connectivity index is 2.25. The fraction of sp³-hybridized carbons (Fsp3) is 0.400. The van der Waals surface area contributed by atoms with Crippen molar-refractivity contribution in [3.05, 3.63) is 33.5 Å². The van der Waals surface area contributed by atoms with Gasteiger partial charge in [0.1, 0.15) is 0 Å². The molecule has 1 aliphatic rings. The molecule has 0 bridgehead atoms. The molecule has 0 aliphatic carbocycles. The van der Waals surface area contributed by atoms with Crippen LogP contribution in [0.4, 0.5) is 5.69 Å². The lowest BCUT2D eigenvalue weighted by molar-refractivity contribution is -0.152. The van der Waals surface area contributed by atoms with Gasteiger partial charge in [0.25, 0.3) is 0 Å². The third kappa shape index (κ3) is 3.19. The summed E-state index contributed by atoms with van der Waals surface area (Å²) in [5.41, 5.74) is 5.71. The van der Waals surface area contributed by atoms with Crippen LogP contribution in [-0.2, 0) is 9.53 Å². The number of ether oxygens (including phenoxy) is 1. The second-order valence-electron chi connectivity index (χ2n) is 5.61. The fourth-order valence-electron chi connectivity index (χ4n) is 2.31. The summed E-state index contributed by atoms with van der Waals surface area (Å²) in [5.74, 6) is -0.236. The first-order chi connectivity index (χ1) is 10.5. The van der Waals surface area contributed by atoms with Gasteiger partial charge in [0.2, 0.25) is 0 Å². The van der Waals surface area contributed by atoms with E-state index in [2.05, 4.69) is 16.1 Å². The predicted molar refractivity (Wildman–Crippen MR) is 84.4 cm³/mol. The van der Waals surface area contributed by atoms with E-state index in [1.165, 1.54) is 6.20 Å². The second kappa shape index (κ2) is 6.46. The van der Waals surface area contributed by atoms with Gasteiger partial charge in [-0.2, -0.15) is 0 Å². The normalized spacial score (nSPS) is 14.0. The van der Waals surface area contributed by atoms with Gasteiger partial charge in [-0.15, -0.1) is 4.91 Å². The molecule has 1 aromatic rings. The summed E-state index contributed by atoms with van der Waals surface area (Å²) in [5, 5.41) is 6.26. The van der Waals surface area contributed by atoms with Crippen molar-refractivity contribution in [2.45, 2.75) is 20.8 Å². The zero-order valence-electron chi connectivity index (χ0n) is 12.9. The van der Waals surface area contributed by atoms with Gasteiger partial charge < -0.3 is 10.2 Å². The smallest absolute Gasteiger partial charge is 0.313 e. The van der Waals surface area contributed by atoms with Crippen molar-refractivity contribution in [2.75, 3.05) is 18.2 Å². The van der Waals surface area contributed by atoms with Gasteiger partial charge in [0.05, 0.1) is 29.5 Å². The molecule has 0 spiro atoms. The summed E-state index contributed by atoms with van der Waals surface area (Å²) in [6.07, 6.45) is 3.36. The minimum Gasteiger partial charge on any atom is -0.466 e. The molecule has 0 radical (unpaired) electrons. The highest BCUT2D eigenvalue weighted by atomic mass is 16.5. The van der Waals surface area contributed by atoms with Gasteiger partial charge in [-0.25, -0.2) is 5.43 Å². The lowest BCUT2D eigenvalue weighted by Gasteiger charge is -2.30. The molecule has 0 atom stereocenters. The Morgan fingerprint density at radius 1 is 1.50 bits per heavy atom. The lowest BCUT2D eigenvalue weighted by Crippen LogP contribution is -2.44. The van der Waals surface area contributed by atoms with Crippen LogP contribution in [0.1, 0.15) is 20.8 Å². The van der Waals surface area contributed by atoms with Gasteiger partial charge in [-0.3, -0.25) is 9.80 Å². The Bertz CT molecular complexity index is 685. The largest absolute Gasteiger partial charge is 0.466 e. The van der Waals surface area contributed by atoms with Crippen LogP contribution in [0.2, 0.25) is 0 Å². The SMILES string of the molecule is CCOC(=O)C(C)(C)CN1NC=c2c1cccc2=CNN=O. The Kier molecular flexibility index (Phi) is 4.65. The summed E-state index contributed by atoms with van der Waals surface area (Å²) in [6.45, 7) is 6.30. The number of nitrogens with one attached hydrogen (secondary N) is 2. The highest BCUT2D eigenvalue weighted by Gasteiger charge is 2.33. The minimum atomic E-state index is -0.652. The average molecular weight is 304 g/mol. The molecule has 1 aliphatic heterocycles. The number of carbonyl (C=O) groups excluding carboxylic acids is 1. The highest BCUT2D eigenvalue weighted by molar-refractivity contribution is 5.77. The van der Waals surface area contributed by atoms with E-state index in [-0.39, 0.29) is 5.97 Å².